The molecule has 3 nitrogen and oxygen atoms in total. The molecule has 0 heterocycles. The van der Waals surface area contributed by atoms with Crippen LogP contribution in [0.4, 0.5) is 10.1 Å². The Morgan fingerprint density at radius 2 is 2.15 bits per heavy atom. The number of amides is 1. The number of nitrogens with zero attached hydrogens (tertiary/aromatic N) is 1. The molecular formula is C15H20BrFN2O. The first kappa shape index (κ1) is 15.3. The Morgan fingerprint density at radius 3 is 2.80 bits per heavy atom. The number of nitrogens with two attached hydrogens (primary N) is 1. The third-order valence-electron chi connectivity index (χ3n) is 4.09. The van der Waals surface area contributed by atoms with Crippen LogP contribution in [0, 0.1) is 11.7 Å². The van der Waals surface area contributed by atoms with E-state index in [0.29, 0.717) is 16.0 Å². The van der Waals surface area contributed by atoms with E-state index in [9.17, 15) is 9.18 Å². The van der Waals surface area contributed by atoms with E-state index in [1.807, 2.05) is 7.05 Å². The number of anilines is 1. The minimum Gasteiger partial charge on any atom is -0.396 e. The molecule has 0 saturated heterocycles. The molecule has 110 valence electrons. The zero-order valence-corrected chi connectivity index (χ0v) is 13.4. The van der Waals surface area contributed by atoms with Gasteiger partial charge < -0.3 is 10.6 Å². The molecule has 2 N–H and O–H groups in total. The lowest BCUT2D eigenvalue weighted by molar-refractivity contribution is 0.0671. The molecule has 0 spiro atoms. The monoisotopic (exact) mass is 342 g/mol. The normalized spacial score (nSPS) is 22.6. The lowest BCUT2D eigenvalue weighted by Crippen LogP contribution is -2.40. The first-order valence-corrected chi connectivity index (χ1v) is 7.71. The molecule has 20 heavy (non-hydrogen) atoms. The molecule has 0 aliphatic heterocycles. The number of halogens is 2. The fourth-order valence-corrected chi connectivity index (χ4v) is 3.32. The van der Waals surface area contributed by atoms with Gasteiger partial charge in [-0.1, -0.05) is 19.8 Å². The molecule has 0 bridgehead atoms. The van der Waals surface area contributed by atoms with E-state index in [1.54, 1.807) is 4.90 Å². The van der Waals surface area contributed by atoms with Gasteiger partial charge in [-0.05, 0) is 46.8 Å². The summed E-state index contributed by atoms with van der Waals surface area (Å²) in [4.78, 5) is 14.3. The Balaban J connectivity index is 2.20. The van der Waals surface area contributed by atoms with Gasteiger partial charge in [-0.2, -0.15) is 0 Å². The van der Waals surface area contributed by atoms with E-state index in [1.165, 1.54) is 18.6 Å². The number of carbonyl (C=O) groups excluding carboxylic acids is 1. The average molecular weight is 343 g/mol. The molecule has 2 rings (SSSR count). The fourth-order valence-electron chi connectivity index (χ4n) is 2.84. The van der Waals surface area contributed by atoms with E-state index >= 15 is 0 Å². The lowest BCUT2D eigenvalue weighted by atomic mass is 9.86. The highest BCUT2D eigenvalue weighted by molar-refractivity contribution is 9.10. The topological polar surface area (TPSA) is 46.3 Å². The van der Waals surface area contributed by atoms with Crippen LogP contribution < -0.4 is 5.73 Å². The van der Waals surface area contributed by atoms with E-state index in [-0.39, 0.29) is 17.6 Å². The maximum Gasteiger partial charge on any atom is 0.255 e. The summed E-state index contributed by atoms with van der Waals surface area (Å²) in [7, 11) is 1.82. The van der Waals surface area contributed by atoms with Crippen molar-refractivity contribution in [1.29, 1.82) is 0 Å². The van der Waals surface area contributed by atoms with Crippen molar-refractivity contribution in [1.82, 2.24) is 4.90 Å². The second-order valence-corrected chi connectivity index (χ2v) is 6.55. The van der Waals surface area contributed by atoms with Crippen molar-refractivity contribution in [2.24, 2.45) is 5.92 Å². The van der Waals surface area contributed by atoms with Gasteiger partial charge in [0.2, 0.25) is 0 Å². The molecule has 1 saturated carbocycles. The van der Waals surface area contributed by atoms with Crippen molar-refractivity contribution in [2.45, 2.75) is 38.6 Å². The highest BCUT2D eigenvalue weighted by Gasteiger charge is 2.27. The Bertz CT molecular complexity index is 521. The second-order valence-electron chi connectivity index (χ2n) is 5.70. The Hall–Kier alpha value is -1.10. The summed E-state index contributed by atoms with van der Waals surface area (Å²) in [5, 5.41) is 0. The highest BCUT2D eigenvalue weighted by atomic mass is 79.9. The van der Waals surface area contributed by atoms with E-state index in [0.717, 1.165) is 19.3 Å². The molecule has 1 aliphatic carbocycles. The maximum absolute atomic E-state index is 13.4. The van der Waals surface area contributed by atoms with E-state index in [2.05, 4.69) is 22.9 Å². The van der Waals surface area contributed by atoms with Crippen LogP contribution in [0.1, 0.15) is 43.0 Å². The molecule has 1 aromatic carbocycles. The van der Waals surface area contributed by atoms with Crippen LogP contribution in [-0.2, 0) is 0 Å². The van der Waals surface area contributed by atoms with Gasteiger partial charge in [0.25, 0.3) is 5.91 Å². The zero-order valence-electron chi connectivity index (χ0n) is 11.8. The Labute approximate surface area is 127 Å². The third kappa shape index (κ3) is 3.14. The summed E-state index contributed by atoms with van der Waals surface area (Å²) in [6, 6.07) is 2.91. The van der Waals surface area contributed by atoms with Crippen molar-refractivity contribution in [3.05, 3.63) is 28.0 Å². The SMILES string of the molecule is CC1CCCC(N(C)C(=O)c2cc(N)c(F)cc2Br)C1. The summed E-state index contributed by atoms with van der Waals surface area (Å²) >= 11 is 3.24. The van der Waals surface area contributed by atoms with Gasteiger partial charge in [0, 0.05) is 17.6 Å². The van der Waals surface area contributed by atoms with Crippen LogP contribution in [-0.4, -0.2) is 23.9 Å². The predicted molar refractivity (Wildman–Crippen MR) is 82.0 cm³/mol. The third-order valence-corrected chi connectivity index (χ3v) is 4.75. The van der Waals surface area contributed by atoms with Crippen LogP contribution in [0.2, 0.25) is 0 Å². The van der Waals surface area contributed by atoms with Gasteiger partial charge in [-0.3, -0.25) is 4.79 Å². The highest BCUT2D eigenvalue weighted by Crippen LogP contribution is 2.29. The summed E-state index contributed by atoms with van der Waals surface area (Å²) in [6.07, 6.45) is 4.43. The summed E-state index contributed by atoms with van der Waals surface area (Å²) in [6.45, 7) is 2.22. The van der Waals surface area contributed by atoms with Crippen molar-refractivity contribution < 1.29 is 9.18 Å². The summed E-state index contributed by atoms with van der Waals surface area (Å²) in [5.74, 6) is 0.0239. The fraction of sp³-hybridized carbons (Fsp3) is 0.533. The molecule has 1 aliphatic rings. The number of carbonyl (C=O) groups is 1. The van der Waals surface area contributed by atoms with Gasteiger partial charge in [-0.25, -0.2) is 4.39 Å². The lowest BCUT2D eigenvalue weighted by Gasteiger charge is -2.34. The zero-order chi connectivity index (χ0) is 14.9. The van der Waals surface area contributed by atoms with Crippen molar-refractivity contribution >= 4 is 27.5 Å². The van der Waals surface area contributed by atoms with Crippen molar-refractivity contribution in [2.75, 3.05) is 12.8 Å². The van der Waals surface area contributed by atoms with Crippen LogP contribution in [0.3, 0.4) is 0 Å². The molecule has 2 unspecified atom stereocenters. The number of hydrogen-bond acceptors (Lipinski definition) is 2. The molecule has 1 amide bonds. The molecule has 1 fully saturated rings. The molecule has 0 aromatic heterocycles. The van der Waals surface area contributed by atoms with Gasteiger partial charge in [0.05, 0.1) is 11.3 Å². The second kappa shape index (κ2) is 6.12. The Morgan fingerprint density at radius 1 is 1.45 bits per heavy atom. The van der Waals surface area contributed by atoms with Gasteiger partial charge in [0.1, 0.15) is 5.82 Å². The largest absolute Gasteiger partial charge is 0.396 e. The smallest absolute Gasteiger partial charge is 0.255 e. The first-order chi connectivity index (χ1) is 9.40. The van der Waals surface area contributed by atoms with Gasteiger partial charge >= 0.3 is 0 Å². The van der Waals surface area contributed by atoms with Crippen LogP contribution in [0.15, 0.2) is 16.6 Å². The number of rotatable bonds is 2. The van der Waals surface area contributed by atoms with Crippen LogP contribution in [0.5, 0.6) is 0 Å². The molecule has 0 radical (unpaired) electrons. The first-order valence-electron chi connectivity index (χ1n) is 6.91. The summed E-state index contributed by atoms with van der Waals surface area (Å²) < 4.78 is 13.8. The van der Waals surface area contributed by atoms with Gasteiger partial charge in [-0.15, -0.1) is 0 Å². The van der Waals surface area contributed by atoms with Crippen molar-refractivity contribution in [3.8, 4) is 0 Å². The van der Waals surface area contributed by atoms with Crippen LogP contribution in [0.25, 0.3) is 0 Å². The Kier molecular flexibility index (Phi) is 4.68. The van der Waals surface area contributed by atoms with Crippen molar-refractivity contribution in [3.63, 3.8) is 0 Å². The van der Waals surface area contributed by atoms with Crippen LogP contribution >= 0.6 is 15.9 Å². The van der Waals surface area contributed by atoms with E-state index in [4.69, 9.17) is 5.73 Å². The minimum absolute atomic E-state index is 0.00182. The van der Waals surface area contributed by atoms with E-state index < -0.39 is 5.82 Å². The molecular weight excluding hydrogens is 323 g/mol. The number of nitrogen functional groups attached to an aromatic ring is 1. The molecule has 5 heteroatoms. The molecule has 2 atom stereocenters. The molecule has 1 aromatic rings. The predicted octanol–water partition coefficient (Wildman–Crippen LogP) is 3.82. The average Bonchev–Trinajstić information content (AvgIpc) is 2.41. The standard InChI is InChI=1S/C15H20BrFN2O/c1-9-4-3-5-10(6-9)19(2)15(20)11-7-14(18)13(17)8-12(11)16/h7-10H,3-6,18H2,1-2H3. The van der Waals surface area contributed by atoms with Gasteiger partial charge in [0.15, 0.2) is 0 Å². The summed E-state index contributed by atoms with van der Waals surface area (Å²) in [5.41, 5.74) is 5.98. The number of benzene rings is 1. The number of hydrogen-bond donors (Lipinski definition) is 1. The maximum atomic E-state index is 13.4. The quantitative estimate of drug-likeness (QED) is 0.830. The minimum atomic E-state index is -0.512.